The molecule has 15 heteroatoms. The molecule has 258 valence electrons. The predicted molar refractivity (Wildman–Crippen MR) is 170 cm³/mol. The van der Waals surface area contributed by atoms with Crippen LogP contribution in [0.3, 0.4) is 0 Å². The Morgan fingerprint density at radius 3 is 2.56 bits per heavy atom. The van der Waals surface area contributed by atoms with Gasteiger partial charge in [0, 0.05) is 36.4 Å². The lowest BCUT2D eigenvalue weighted by molar-refractivity contribution is -0.189. The number of methoxy groups -OCH3 is 1. The molecular formula is C33H37F4N5O5S. The summed E-state index contributed by atoms with van der Waals surface area (Å²) >= 11 is 0. The Morgan fingerprint density at radius 1 is 1.19 bits per heavy atom. The summed E-state index contributed by atoms with van der Waals surface area (Å²) in [5.41, 5.74) is 0.952. The van der Waals surface area contributed by atoms with Gasteiger partial charge < -0.3 is 24.7 Å². The number of amides is 1. The number of piperidine rings is 1. The summed E-state index contributed by atoms with van der Waals surface area (Å²) in [5, 5.41) is 5.80. The number of likely N-dealkylation sites (tertiary alicyclic amines) is 1. The minimum absolute atomic E-state index is 0.0130. The number of fused-ring (bicyclic) bond motifs is 1. The summed E-state index contributed by atoms with van der Waals surface area (Å²) in [6.07, 6.45) is -1.82. The number of imidazole rings is 1. The van der Waals surface area contributed by atoms with E-state index in [1.54, 1.807) is 0 Å². The van der Waals surface area contributed by atoms with Crippen LogP contribution in [-0.2, 0) is 21.1 Å². The summed E-state index contributed by atoms with van der Waals surface area (Å²) in [6.45, 7) is 2.88. The number of nitrogens with one attached hydrogen (secondary N) is 2. The summed E-state index contributed by atoms with van der Waals surface area (Å²) in [7, 11) is -2.05. The fourth-order valence-electron chi connectivity index (χ4n) is 6.91. The van der Waals surface area contributed by atoms with Crippen molar-refractivity contribution < 1.29 is 40.2 Å². The zero-order chi connectivity index (χ0) is 34.4. The lowest BCUT2D eigenvalue weighted by atomic mass is 9.63. The summed E-state index contributed by atoms with van der Waals surface area (Å²) in [6, 6.07) is 6.68. The van der Waals surface area contributed by atoms with Crippen molar-refractivity contribution in [2.45, 2.75) is 55.6 Å². The van der Waals surface area contributed by atoms with E-state index in [4.69, 9.17) is 9.47 Å². The number of halogens is 4. The van der Waals surface area contributed by atoms with E-state index in [-0.39, 0.29) is 57.5 Å². The van der Waals surface area contributed by atoms with Crippen molar-refractivity contribution in [3.05, 3.63) is 47.8 Å². The maximum Gasteiger partial charge on any atom is 0.406 e. The molecule has 2 N–H and O–H groups in total. The van der Waals surface area contributed by atoms with Crippen LogP contribution in [0.4, 0.5) is 23.2 Å². The predicted octanol–water partition coefficient (Wildman–Crippen LogP) is 4.04. The number of sulfone groups is 1. The number of hydrogen-bond donors (Lipinski definition) is 2. The van der Waals surface area contributed by atoms with Crippen LogP contribution in [0.25, 0.3) is 11.0 Å². The van der Waals surface area contributed by atoms with Gasteiger partial charge in [-0.25, -0.2) is 17.8 Å². The molecule has 3 aromatic rings. The number of rotatable bonds is 8. The largest absolute Gasteiger partial charge is 0.495 e. The van der Waals surface area contributed by atoms with E-state index in [0.29, 0.717) is 18.0 Å². The molecule has 2 aliphatic heterocycles. The van der Waals surface area contributed by atoms with Crippen LogP contribution in [0.15, 0.2) is 41.6 Å². The fourth-order valence-corrected chi connectivity index (χ4v) is 7.55. The van der Waals surface area contributed by atoms with Gasteiger partial charge in [0.2, 0.25) is 0 Å². The Kier molecular flexibility index (Phi) is 9.12. The van der Waals surface area contributed by atoms with Crippen molar-refractivity contribution in [2.75, 3.05) is 51.5 Å². The first-order valence-corrected chi connectivity index (χ1v) is 17.5. The van der Waals surface area contributed by atoms with E-state index in [1.807, 2.05) is 6.92 Å². The van der Waals surface area contributed by atoms with Crippen LogP contribution in [0, 0.1) is 23.2 Å². The van der Waals surface area contributed by atoms with Gasteiger partial charge in [-0.05, 0) is 49.1 Å². The van der Waals surface area contributed by atoms with Gasteiger partial charge >= 0.3 is 6.18 Å². The van der Waals surface area contributed by atoms with Crippen molar-refractivity contribution in [1.82, 2.24) is 19.8 Å². The highest BCUT2D eigenvalue weighted by Crippen LogP contribution is 2.49. The highest BCUT2D eigenvalue weighted by atomic mass is 32.2. The van der Waals surface area contributed by atoms with Crippen LogP contribution in [-0.4, -0.2) is 99.4 Å². The Bertz CT molecular complexity index is 1860. The van der Waals surface area contributed by atoms with Gasteiger partial charge in [-0.2, -0.15) is 13.2 Å². The average molecular weight is 692 g/mol. The molecule has 3 unspecified atom stereocenters. The van der Waals surface area contributed by atoms with Crippen molar-refractivity contribution in [2.24, 2.45) is 11.3 Å². The third-order valence-electron chi connectivity index (χ3n) is 9.42. The molecule has 1 aromatic heterocycles. The normalized spacial score (nSPS) is 22.8. The number of ether oxygens (including phenoxy) is 2. The zero-order valence-corrected chi connectivity index (χ0v) is 27.5. The lowest BCUT2D eigenvalue weighted by Crippen LogP contribution is -2.65. The third-order valence-corrected chi connectivity index (χ3v) is 10.5. The molecular weight excluding hydrogens is 654 g/mol. The Balaban J connectivity index is 1.21. The molecule has 1 saturated carbocycles. The number of carbonyl (C=O) groups is 1. The van der Waals surface area contributed by atoms with Gasteiger partial charge in [0.15, 0.2) is 9.84 Å². The molecule has 1 amide bonds. The number of hydrogen-bond acceptors (Lipinski definition) is 8. The molecule has 3 heterocycles. The highest BCUT2D eigenvalue weighted by molar-refractivity contribution is 7.90. The molecule has 10 nitrogen and oxygen atoms in total. The third kappa shape index (κ3) is 7.11. The van der Waals surface area contributed by atoms with Gasteiger partial charge in [0.05, 0.1) is 60.9 Å². The molecule has 0 radical (unpaired) electrons. The SMILES string of the molecule is COc1ccc(S(C)(=O)=O)cc1NCC#Cc1cc(C(=O)NC2C(C)CN(C3CC4(COC4)C3)CC2F)c2ncn(CC(F)(F)F)c2c1. The minimum atomic E-state index is -4.54. The van der Waals surface area contributed by atoms with E-state index in [1.165, 1.54) is 37.4 Å². The Morgan fingerprint density at radius 2 is 1.94 bits per heavy atom. The van der Waals surface area contributed by atoms with Crippen LogP contribution in [0.1, 0.15) is 35.7 Å². The number of carbonyl (C=O) groups excluding carboxylic acids is 1. The van der Waals surface area contributed by atoms with E-state index in [2.05, 4.69) is 32.4 Å². The fraction of sp³-hybridized carbons (Fsp3) is 0.515. The first kappa shape index (κ1) is 34.0. The van der Waals surface area contributed by atoms with Crippen molar-refractivity contribution in [1.29, 1.82) is 0 Å². The zero-order valence-electron chi connectivity index (χ0n) is 26.7. The van der Waals surface area contributed by atoms with Crippen molar-refractivity contribution in [3.8, 4) is 17.6 Å². The van der Waals surface area contributed by atoms with Gasteiger partial charge in [-0.3, -0.25) is 9.69 Å². The Labute approximate surface area is 276 Å². The maximum atomic E-state index is 15.6. The quantitative estimate of drug-likeness (QED) is 0.269. The maximum absolute atomic E-state index is 15.6. The molecule has 2 saturated heterocycles. The van der Waals surface area contributed by atoms with Gasteiger partial charge in [0.25, 0.3) is 5.91 Å². The van der Waals surface area contributed by atoms with Gasteiger partial charge in [-0.15, -0.1) is 0 Å². The number of aromatic nitrogens is 2. The smallest absolute Gasteiger partial charge is 0.406 e. The number of anilines is 1. The number of benzene rings is 2. The van der Waals surface area contributed by atoms with Gasteiger partial charge in [-0.1, -0.05) is 18.8 Å². The summed E-state index contributed by atoms with van der Waals surface area (Å²) in [4.78, 5) is 20.0. The van der Waals surface area contributed by atoms with Crippen LogP contribution < -0.4 is 15.4 Å². The molecule has 3 atom stereocenters. The molecule has 0 bridgehead atoms. The van der Waals surface area contributed by atoms with E-state index in [9.17, 15) is 26.4 Å². The van der Waals surface area contributed by atoms with E-state index >= 15 is 4.39 Å². The number of nitrogens with zero attached hydrogens (tertiary/aromatic N) is 3. The lowest BCUT2D eigenvalue weighted by Gasteiger charge is -2.58. The second-order valence-corrected chi connectivity index (χ2v) is 15.2. The van der Waals surface area contributed by atoms with Crippen LogP contribution in [0.2, 0.25) is 0 Å². The minimum Gasteiger partial charge on any atom is -0.495 e. The summed E-state index contributed by atoms with van der Waals surface area (Å²) < 4.78 is 91.4. The molecule has 1 spiro atoms. The molecule has 2 aromatic carbocycles. The summed E-state index contributed by atoms with van der Waals surface area (Å²) in [5.74, 6) is 5.26. The second kappa shape index (κ2) is 12.9. The second-order valence-electron chi connectivity index (χ2n) is 13.2. The average Bonchev–Trinajstić information content (AvgIpc) is 3.35. The molecule has 6 rings (SSSR count). The first-order chi connectivity index (χ1) is 22.6. The highest BCUT2D eigenvalue weighted by Gasteiger charge is 2.53. The van der Waals surface area contributed by atoms with E-state index in [0.717, 1.165) is 43.2 Å². The van der Waals surface area contributed by atoms with E-state index < -0.39 is 40.7 Å². The van der Waals surface area contributed by atoms with Gasteiger partial charge in [0.1, 0.15) is 24.0 Å². The molecule has 3 fully saturated rings. The standard InChI is InChI=1S/C33H37F4N5O5S/c1-20-14-41(22-12-32(13-22)17-47-18-32)15-25(34)29(20)40-31(43)24-9-21(10-27-30(24)39-19-42(27)16-33(35,36)37)5-4-8-38-26-11-23(48(3,44)45)6-7-28(26)46-2/h6-7,9-11,19-20,22,25,29,38H,8,12-18H2,1-3H3,(H,40,43). The molecule has 3 aliphatic rings. The topological polar surface area (TPSA) is 115 Å². The first-order valence-electron chi connectivity index (χ1n) is 15.6. The molecule has 48 heavy (non-hydrogen) atoms. The van der Waals surface area contributed by atoms with Crippen molar-refractivity contribution in [3.63, 3.8) is 0 Å². The van der Waals surface area contributed by atoms with Crippen molar-refractivity contribution >= 4 is 32.5 Å². The van der Waals surface area contributed by atoms with Crippen LogP contribution >= 0.6 is 0 Å². The number of alkyl halides is 4. The Hall–Kier alpha value is -3.87. The monoisotopic (exact) mass is 691 g/mol. The van der Waals surface area contributed by atoms with Crippen LogP contribution in [0.5, 0.6) is 5.75 Å². The molecule has 1 aliphatic carbocycles.